The highest BCUT2D eigenvalue weighted by atomic mass is 16.5. The van der Waals surface area contributed by atoms with Gasteiger partial charge in [-0.15, -0.1) is 0 Å². The summed E-state index contributed by atoms with van der Waals surface area (Å²) < 4.78 is 4.75. The minimum Gasteiger partial charge on any atom is -0.464 e. The number of aliphatic hydroxyl groups excluding tert-OH is 1. The van der Waals surface area contributed by atoms with E-state index in [1.165, 1.54) is 0 Å². The van der Waals surface area contributed by atoms with Crippen molar-refractivity contribution in [1.29, 1.82) is 0 Å². The smallest absolute Gasteiger partial charge is 0.334 e. The standard InChI is InChI=1S/C8H16O3/c1-3-5-6-11-8(10)7(9)4-2/h7,9H,3-6H2,1-2H3/t7-/m1/s1. The Balaban J connectivity index is 3.36. The summed E-state index contributed by atoms with van der Waals surface area (Å²) in [4.78, 5) is 10.8. The Hall–Kier alpha value is -0.570. The monoisotopic (exact) mass is 160 g/mol. The van der Waals surface area contributed by atoms with E-state index in [0.29, 0.717) is 13.0 Å². The highest BCUT2D eigenvalue weighted by Crippen LogP contribution is 1.95. The van der Waals surface area contributed by atoms with E-state index in [1.54, 1.807) is 6.92 Å². The topological polar surface area (TPSA) is 46.5 Å². The van der Waals surface area contributed by atoms with Crippen LogP contribution >= 0.6 is 0 Å². The molecule has 0 heterocycles. The highest BCUT2D eigenvalue weighted by Gasteiger charge is 2.12. The van der Waals surface area contributed by atoms with Gasteiger partial charge in [-0.25, -0.2) is 4.79 Å². The zero-order valence-electron chi connectivity index (χ0n) is 7.17. The largest absolute Gasteiger partial charge is 0.464 e. The molecule has 11 heavy (non-hydrogen) atoms. The van der Waals surface area contributed by atoms with Crippen LogP contribution in [0.3, 0.4) is 0 Å². The number of aliphatic hydroxyl groups is 1. The molecule has 1 N–H and O–H groups in total. The molecule has 66 valence electrons. The molecular weight excluding hydrogens is 144 g/mol. The summed E-state index contributed by atoms with van der Waals surface area (Å²) in [6.45, 7) is 4.18. The molecule has 0 aromatic heterocycles. The molecule has 1 atom stereocenters. The summed E-state index contributed by atoms with van der Waals surface area (Å²) in [6, 6.07) is 0. The molecule has 0 amide bonds. The lowest BCUT2D eigenvalue weighted by Crippen LogP contribution is -2.22. The van der Waals surface area contributed by atoms with Crippen molar-refractivity contribution in [3.8, 4) is 0 Å². The fourth-order valence-corrected chi connectivity index (χ4v) is 0.580. The molecule has 0 aliphatic rings. The zero-order chi connectivity index (χ0) is 8.69. The van der Waals surface area contributed by atoms with E-state index >= 15 is 0 Å². The molecule has 0 aliphatic heterocycles. The molecule has 0 saturated carbocycles. The van der Waals surface area contributed by atoms with Gasteiger partial charge in [-0.2, -0.15) is 0 Å². The van der Waals surface area contributed by atoms with E-state index in [2.05, 4.69) is 0 Å². The van der Waals surface area contributed by atoms with Crippen LogP contribution in [0.25, 0.3) is 0 Å². The first kappa shape index (κ1) is 10.4. The quantitative estimate of drug-likeness (QED) is 0.484. The van der Waals surface area contributed by atoms with Gasteiger partial charge in [-0.3, -0.25) is 0 Å². The molecule has 0 saturated heterocycles. The van der Waals surface area contributed by atoms with Gasteiger partial charge in [0.05, 0.1) is 6.61 Å². The molecule has 0 bridgehead atoms. The molecule has 0 aromatic rings. The van der Waals surface area contributed by atoms with Gasteiger partial charge >= 0.3 is 5.97 Å². The van der Waals surface area contributed by atoms with Gasteiger partial charge in [-0.05, 0) is 12.8 Å². The zero-order valence-corrected chi connectivity index (χ0v) is 7.17. The van der Waals surface area contributed by atoms with Crippen molar-refractivity contribution >= 4 is 5.97 Å². The van der Waals surface area contributed by atoms with Crippen LogP contribution in [0.1, 0.15) is 33.1 Å². The Bertz CT molecular complexity index is 112. The van der Waals surface area contributed by atoms with Gasteiger partial charge in [0.25, 0.3) is 0 Å². The summed E-state index contributed by atoms with van der Waals surface area (Å²) in [5.41, 5.74) is 0. The SMILES string of the molecule is CCCCOC(=O)[C@H](O)CC. The van der Waals surface area contributed by atoms with E-state index in [1.807, 2.05) is 6.92 Å². The first-order valence-corrected chi connectivity index (χ1v) is 4.07. The predicted octanol–water partition coefficient (Wildman–Crippen LogP) is 1.10. The van der Waals surface area contributed by atoms with E-state index in [-0.39, 0.29) is 0 Å². The molecule has 0 fully saturated rings. The van der Waals surface area contributed by atoms with Crippen molar-refractivity contribution in [2.24, 2.45) is 0 Å². The predicted molar refractivity (Wildman–Crippen MR) is 42.2 cm³/mol. The lowest BCUT2D eigenvalue weighted by atomic mass is 10.3. The third kappa shape index (κ3) is 4.79. The number of rotatable bonds is 5. The van der Waals surface area contributed by atoms with Crippen molar-refractivity contribution in [3.63, 3.8) is 0 Å². The van der Waals surface area contributed by atoms with E-state index in [0.717, 1.165) is 12.8 Å². The Labute approximate surface area is 67.4 Å². The van der Waals surface area contributed by atoms with Crippen LogP contribution in [-0.4, -0.2) is 23.8 Å². The van der Waals surface area contributed by atoms with Gasteiger partial charge in [0.15, 0.2) is 6.10 Å². The number of unbranched alkanes of at least 4 members (excludes halogenated alkanes) is 1. The van der Waals surface area contributed by atoms with Gasteiger partial charge in [-0.1, -0.05) is 20.3 Å². The van der Waals surface area contributed by atoms with Crippen molar-refractivity contribution in [3.05, 3.63) is 0 Å². The third-order valence-electron chi connectivity index (χ3n) is 1.40. The number of ether oxygens (including phenoxy) is 1. The lowest BCUT2D eigenvalue weighted by Gasteiger charge is -2.07. The minimum absolute atomic E-state index is 0.422. The van der Waals surface area contributed by atoms with Gasteiger partial charge in [0, 0.05) is 0 Å². The summed E-state index contributed by atoms with van der Waals surface area (Å²) in [5, 5.41) is 8.95. The molecule has 0 aliphatic carbocycles. The van der Waals surface area contributed by atoms with E-state index in [4.69, 9.17) is 9.84 Å². The van der Waals surface area contributed by atoms with Crippen LogP contribution in [0.2, 0.25) is 0 Å². The third-order valence-corrected chi connectivity index (χ3v) is 1.40. The molecule has 3 nitrogen and oxygen atoms in total. The maximum Gasteiger partial charge on any atom is 0.334 e. The summed E-state index contributed by atoms with van der Waals surface area (Å²) in [7, 11) is 0. The number of carbonyl (C=O) groups is 1. The minimum atomic E-state index is -0.938. The fraction of sp³-hybridized carbons (Fsp3) is 0.875. The average Bonchev–Trinajstić information content (AvgIpc) is 2.03. The normalized spacial score (nSPS) is 12.6. The van der Waals surface area contributed by atoms with Crippen LogP contribution in [0, 0.1) is 0 Å². The second kappa shape index (κ2) is 6.16. The highest BCUT2D eigenvalue weighted by molar-refractivity contribution is 5.74. The maximum absolute atomic E-state index is 10.8. The van der Waals surface area contributed by atoms with Crippen molar-refractivity contribution in [2.75, 3.05) is 6.61 Å². The van der Waals surface area contributed by atoms with E-state index in [9.17, 15) is 4.79 Å². The number of esters is 1. The van der Waals surface area contributed by atoms with Crippen LogP contribution in [0.5, 0.6) is 0 Å². The Morgan fingerprint density at radius 1 is 1.55 bits per heavy atom. The summed E-state index contributed by atoms with van der Waals surface area (Å²) in [6.07, 6.45) is 1.34. The van der Waals surface area contributed by atoms with Crippen LogP contribution in [0.15, 0.2) is 0 Å². The fourth-order valence-electron chi connectivity index (χ4n) is 0.580. The molecule has 0 rings (SSSR count). The Morgan fingerprint density at radius 2 is 2.18 bits per heavy atom. The Morgan fingerprint density at radius 3 is 2.64 bits per heavy atom. The molecule has 0 radical (unpaired) electrons. The summed E-state index contributed by atoms with van der Waals surface area (Å²) in [5.74, 6) is -0.499. The van der Waals surface area contributed by atoms with Crippen LogP contribution in [-0.2, 0) is 9.53 Å². The second-order valence-corrected chi connectivity index (χ2v) is 2.45. The molecular formula is C8H16O3. The van der Waals surface area contributed by atoms with Crippen molar-refractivity contribution in [1.82, 2.24) is 0 Å². The van der Waals surface area contributed by atoms with Gasteiger partial charge in [0.2, 0.25) is 0 Å². The molecule has 0 unspecified atom stereocenters. The maximum atomic E-state index is 10.8. The molecule has 0 aromatic carbocycles. The first-order chi connectivity index (χ1) is 5.22. The first-order valence-electron chi connectivity index (χ1n) is 4.07. The molecule has 3 heteroatoms. The Kier molecular flexibility index (Phi) is 5.84. The van der Waals surface area contributed by atoms with Gasteiger partial charge < -0.3 is 9.84 Å². The van der Waals surface area contributed by atoms with Crippen molar-refractivity contribution in [2.45, 2.75) is 39.2 Å². The van der Waals surface area contributed by atoms with Crippen LogP contribution < -0.4 is 0 Å². The molecule has 0 spiro atoms. The number of carbonyl (C=O) groups excluding carboxylic acids is 1. The van der Waals surface area contributed by atoms with Crippen molar-refractivity contribution < 1.29 is 14.6 Å². The lowest BCUT2D eigenvalue weighted by molar-refractivity contribution is -0.153. The van der Waals surface area contributed by atoms with E-state index < -0.39 is 12.1 Å². The van der Waals surface area contributed by atoms with Crippen LogP contribution in [0.4, 0.5) is 0 Å². The second-order valence-electron chi connectivity index (χ2n) is 2.45. The summed E-state index contributed by atoms with van der Waals surface area (Å²) >= 11 is 0. The average molecular weight is 160 g/mol. The van der Waals surface area contributed by atoms with Gasteiger partial charge in [0.1, 0.15) is 0 Å². The number of hydrogen-bond acceptors (Lipinski definition) is 3. The number of hydrogen-bond donors (Lipinski definition) is 1.